The Kier molecular flexibility index (Phi) is 10.4. The zero-order valence-electron chi connectivity index (χ0n) is 11.9. The van der Waals surface area contributed by atoms with Gasteiger partial charge in [0, 0.05) is 0 Å². The average Bonchev–Trinajstić information content (AvgIpc) is 2.92. The first-order valence-electron chi connectivity index (χ1n) is 6.89. The van der Waals surface area contributed by atoms with Crippen molar-refractivity contribution in [2.45, 2.75) is 52.4 Å². The second-order valence-corrected chi connectivity index (χ2v) is 8.43. The van der Waals surface area contributed by atoms with Crippen molar-refractivity contribution in [3.8, 4) is 0 Å². The summed E-state index contributed by atoms with van der Waals surface area (Å²) in [6.45, 7) is 4.58. The van der Waals surface area contributed by atoms with Crippen molar-refractivity contribution < 1.29 is 23.2 Å². The Morgan fingerprint density at radius 3 is 1.63 bits per heavy atom. The molecule has 19 heavy (non-hydrogen) atoms. The van der Waals surface area contributed by atoms with Gasteiger partial charge >= 0.3 is 118 Å². The third-order valence-electron chi connectivity index (χ3n) is 3.40. The molecule has 3 heteroatoms. The van der Waals surface area contributed by atoms with Crippen molar-refractivity contribution in [1.29, 1.82) is 0 Å². The molecule has 0 aliphatic heterocycles. The number of halogens is 2. The summed E-state index contributed by atoms with van der Waals surface area (Å²) in [5.74, 6) is 0. The minimum atomic E-state index is -0.443. The van der Waals surface area contributed by atoms with Gasteiger partial charge in [0.05, 0.1) is 0 Å². The van der Waals surface area contributed by atoms with Crippen LogP contribution < -0.4 is 0 Å². The molecule has 2 aliphatic carbocycles. The van der Waals surface area contributed by atoms with Crippen LogP contribution in [0.4, 0.5) is 0 Å². The van der Waals surface area contributed by atoms with Crippen LogP contribution in [0.15, 0.2) is 42.0 Å². The predicted molar refractivity (Wildman–Crippen MR) is 85.9 cm³/mol. The van der Waals surface area contributed by atoms with E-state index in [0.717, 1.165) is 0 Å². The summed E-state index contributed by atoms with van der Waals surface area (Å²) in [4.78, 5) is 0. The van der Waals surface area contributed by atoms with Crippen molar-refractivity contribution in [3.05, 3.63) is 42.0 Å². The number of hydrogen-bond donors (Lipinski definition) is 0. The molecule has 0 saturated heterocycles. The van der Waals surface area contributed by atoms with Gasteiger partial charge in [-0.25, -0.2) is 0 Å². The van der Waals surface area contributed by atoms with Crippen molar-refractivity contribution in [2.24, 2.45) is 0 Å². The normalized spacial score (nSPS) is 16.7. The SMILES string of the molecule is CCCC1=[C]([Zr][C]2=C(CCC)C=CC2)CC=C1.Cl.Cl. The fraction of sp³-hybridized carbons (Fsp3) is 0.500. The predicted octanol–water partition coefficient (Wildman–Crippen LogP) is 5.94. The van der Waals surface area contributed by atoms with Crippen LogP contribution in [-0.4, -0.2) is 0 Å². The van der Waals surface area contributed by atoms with Gasteiger partial charge in [0.2, 0.25) is 0 Å². The fourth-order valence-corrected chi connectivity index (χ4v) is 6.34. The van der Waals surface area contributed by atoms with Crippen LogP contribution >= 0.6 is 24.8 Å². The first kappa shape index (κ1) is 19.4. The monoisotopic (exact) mass is 376 g/mol. The van der Waals surface area contributed by atoms with Crippen LogP contribution in [0.2, 0.25) is 0 Å². The Bertz CT molecular complexity index is 365. The van der Waals surface area contributed by atoms with Gasteiger partial charge in [-0.3, -0.25) is 0 Å². The Labute approximate surface area is 141 Å². The summed E-state index contributed by atoms with van der Waals surface area (Å²) >= 11 is -0.443. The summed E-state index contributed by atoms with van der Waals surface area (Å²) in [6, 6.07) is 0. The molecular formula is C16H24Cl2Zr. The third kappa shape index (κ3) is 5.37. The second-order valence-electron chi connectivity index (χ2n) is 4.85. The van der Waals surface area contributed by atoms with E-state index >= 15 is 0 Å². The molecule has 0 heterocycles. The summed E-state index contributed by atoms with van der Waals surface area (Å²) in [7, 11) is 0. The average molecular weight is 378 g/mol. The molecule has 2 rings (SSSR count). The summed E-state index contributed by atoms with van der Waals surface area (Å²) < 4.78 is 3.70. The van der Waals surface area contributed by atoms with E-state index in [9.17, 15) is 0 Å². The molecule has 0 unspecified atom stereocenters. The van der Waals surface area contributed by atoms with Crippen LogP contribution in [0.1, 0.15) is 52.4 Å². The molecule has 0 nitrogen and oxygen atoms in total. The maximum Gasteiger partial charge on any atom is -0.147 e. The summed E-state index contributed by atoms with van der Waals surface area (Å²) in [5.41, 5.74) is 3.38. The van der Waals surface area contributed by atoms with Crippen molar-refractivity contribution in [1.82, 2.24) is 0 Å². The fourth-order valence-electron chi connectivity index (χ4n) is 2.55. The largest absolute Gasteiger partial charge is 0.147 e. The third-order valence-corrected chi connectivity index (χ3v) is 7.46. The van der Waals surface area contributed by atoms with E-state index in [-0.39, 0.29) is 24.8 Å². The smallest absolute Gasteiger partial charge is 0.147 e. The Balaban J connectivity index is 0.00000162. The molecule has 0 amide bonds. The van der Waals surface area contributed by atoms with E-state index in [0.29, 0.717) is 0 Å². The zero-order chi connectivity index (χ0) is 12.1. The quantitative estimate of drug-likeness (QED) is 0.536. The van der Waals surface area contributed by atoms with Gasteiger partial charge in [0.1, 0.15) is 0 Å². The summed E-state index contributed by atoms with van der Waals surface area (Å²) in [6.07, 6.45) is 17.3. The first-order chi connectivity index (χ1) is 8.35. The molecule has 106 valence electrons. The van der Waals surface area contributed by atoms with Crippen molar-refractivity contribution in [2.75, 3.05) is 0 Å². The van der Waals surface area contributed by atoms with E-state index in [1.165, 1.54) is 38.5 Å². The second kappa shape index (κ2) is 10.2. The van der Waals surface area contributed by atoms with E-state index < -0.39 is 23.2 Å². The Morgan fingerprint density at radius 2 is 1.26 bits per heavy atom. The molecule has 0 N–H and O–H groups in total. The number of rotatable bonds is 6. The van der Waals surface area contributed by atoms with Crippen molar-refractivity contribution in [3.63, 3.8) is 0 Å². The molecule has 0 aromatic rings. The molecule has 0 saturated carbocycles. The Morgan fingerprint density at radius 1 is 0.842 bits per heavy atom. The molecule has 0 radical (unpaired) electrons. The number of hydrogen-bond acceptors (Lipinski definition) is 0. The first-order valence-corrected chi connectivity index (χ1v) is 9.35. The molecule has 0 fully saturated rings. The minimum absolute atomic E-state index is 0. The van der Waals surface area contributed by atoms with Gasteiger partial charge in [-0.15, -0.1) is 24.8 Å². The standard InChI is InChI=1S/2C8H11.2ClH.Zr/c2*1-2-5-8-6-3-4-7-8;;;/h2*3,6H,2,4-5H2,1H3;2*1H;. The molecule has 2 aliphatic rings. The van der Waals surface area contributed by atoms with Crippen LogP contribution in [-0.2, 0) is 23.2 Å². The van der Waals surface area contributed by atoms with Crippen molar-refractivity contribution >= 4 is 24.8 Å². The molecule has 0 aromatic carbocycles. The van der Waals surface area contributed by atoms with Gasteiger partial charge in [-0.2, -0.15) is 0 Å². The zero-order valence-corrected chi connectivity index (χ0v) is 16.0. The maximum atomic E-state index is 2.39. The van der Waals surface area contributed by atoms with Gasteiger partial charge in [-0.05, 0) is 0 Å². The Hall–Kier alpha value is 0.423. The molecule has 0 aromatic heterocycles. The van der Waals surface area contributed by atoms with Crippen LogP contribution in [0.3, 0.4) is 0 Å². The van der Waals surface area contributed by atoms with Crippen LogP contribution in [0, 0.1) is 0 Å². The van der Waals surface area contributed by atoms with Crippen LogP contribution in [0.5, 0.6) is 0 Å². The van der Waals surface area contributed by atoms with E-state index in [1.54, 1.807) is 11.1 Å². The van der Waals surface area contributed by atoms with Gasteiger partial charge in [0.25, 0.3) is 0 Å². The molecule has 0 bridgehead atoms. The molecule has 0 spiro atoms. The van der Waals surface area contributed by atoms with Gasteiger partial charge in [0.15, 0.2) is 0 Å². The minimum Gasteiger partial charge on any atom is -0.147 e. The number of allylic oxidation sites excluding steroid dienone is 8. The van der Waals surface area contributed by atoms with Gasteiger partial charge in [-0.1, -0.05) is 0 Å². The topological polar surface area (TPSA) is 0 Å². The molecular weight excluding hydrogens is 354 g/mol. The molecule has 0 atom stereocenters. The van der Waals surface area contributed by atoms with Gasteiger partial charge < -0.3 is 0 Å². The van der Waals surface area contributed by atoms with E-state index in [4.69, 9.17) is 0 Å². The van der Waals surface area contributed by atoms with Crippen LogP contribution in [0.25, 0.3) is 0 Å². The maximum absolute atomic E-state index is 2.39. The van der Waals surface area contributed by atoms with E-state index in [1.807, 2.05) is 6.56 Å². The van der Waals surface area contributed by atoms with E-state index in [2.05, 4.69) is 38.2 Å². The summed E-state index contributed by atoms with van der Waals surface area (Å²) in [5, 5.41) is 0.